The molecular formula is C16H24ClNO3. The number of aliphatic hydroxyl groups is 1. The molecule has 4 nitrogen and oxygen atoms in total. The van der Waals surface area contributed by atoms with E-state index in [2.05, 4.69) is 5.32 Å². The predicted molar refractivity (Wildman–Crippen MR) is 84.3 cm³/mol. The zero-order chi connectivity index (χ0) is 15.5. The van der Waals surface area contributed by atoms with E-state index in [1.54, 1.807) is 20.1 Å². The summed E-state index contributed by atoms with van der Waals surface area (Å²) in [7, 11) is 1.59. The molecule has 0 spiro atoms. The monoisotopic (exact) mass is 313 g/mol. The molecule has 0 heterocycles. The van der Waals surface area contributed by atoms with Gasteiger partial charge in [0.25, 0.3) is 0 Å². The lowest BCUT2D eigenvalue weighted by molar-refractivity contribution is 0.00743. The summed E-state index contributed by atoms with van der Waals surface area (Å²) in [5.41, 5.74) is 0.101. The molecule has 5 heteroatoms. The number of rotatable bonds is 8. The van der Waals surface area contributed by atoms with Crippen molar-refractivity contribution in [2.45, 2.75) is 51.3 Å². The topological polar surface area (TPSA) is 50.7 Å². The van der Waals surface area contributed by atoms with Gasteiger partial charge < -0.3 is 19.9 Å². The van der Waals surface area contributed by atoms with Crippen LogP contribution in [0.1, 0.15) is 38.7 Å². The number of ether oxygens (including phenoxy) is 2. The van der Waals surface area contributed by atoms with Gasteiger partial charge >= 0.3 is 0 Å². The zero-order valence-corrected chi connectivity index (χ0v) is 13.7. The van der Waals surface area contributed by atoms with E-state index in [-0.39, 0.29) is 6.61 Å². The number of hydrogen-bond acceptors (Lipinski definition) is 4. The smallest absolute Gasteiger partial charge is 0.165 e. The van der Waals surface area contributed by atoms with E-state index >= 15 is 0 Å². The summed E-state index contributed by atoms with van der Waals surface area (Å²) in [6.07, 6.45) is 3.06. The molecule has 0 saturated heterocycles. The molecule has 0 amide bonds. The van der Waals surface area contributed by atoms with Gasteiger partial charge in [0.05, 0.1) is 12.7 Å². The molecule has 2 rings (SSSR count). The van der Waals surface area contributed by atoms with Gasteiger partial charge in [-0.3, -0.25) is 0 Å². The minimum atomic E-state index is -0.855. The van der Waals surface area contributed by atoms with E-state index in [1.807, 2.05) is 13.0 Å². The number of nitrogens with one attached hydrogen (secondary N) is 1. The molecule has 1 unspecified atom stereocenters. The van der Waals surface area contributed by atoms with Crippen molar-refractivity contribution in [3.05, 3.63) is 22.7 Å². The maximum absolute atomic E-state index is 10.1. The van der Waals surface area contributed by atoms with Crippen molar-refractivity contribution in [2.24, 2.45) is 0 Å². The fraction of sp³-hybridized carbons (Fsp3) is 0.625. The van der Waals surface area contributed by atoms with Gasteiger partial charge in [-0.15, -0.1) is 0 Å². The molecule has 1 aromatic rings. The van der Waals surface area contributed by atoms with Crippen LogP contribution in [0.15, 0.2) is 12.1 Å². The zero-order valence-electron chi connectivity index (χ0n) is 12.9. The van der Waals surface area contributed by atoms with E-state index in [9.17, 15) is 5.11 Å². The summed E-state index contributed by atoms with van der Waals surface area (Å²) in [6.45, 7) is 4.60. The fourth-order valence-corrected chi connectivity index (χ4v) is 2.17. The van der Waals surface area contributed by atoms with Crippen LogP contribution in [0.5, 0.6) is 11.5 Å². The van der Waals surface area contributed by atoms with Gasteiger partial charge in [0.15, 0.2) is 11.5 Å². The van der Waals surface area contributed by atoms with Crippen LogP contribution in [0.25, 0.3) is 0 Å². The molecule has 1 fully saturated rings. The van der Waals surface area contributed by atoms with Crippen LogP contribution in [0, 0.1) is 0 Å². The number of methoxy groups -OCH3 is 1. The summed E-state index contributed by atoms with van der Waals surface area (Å²) in [4.78, 5) is 0. The lowest BCUT2D eigenvalue weighted by atomic mass is 10.1. The highest BCUT2D eigenvalue weighted by Gasteiger charge is 2.24. The quantitative estimate of drug-likeness (QED) is 0.774. The summed E-state index contributed by atoms with van der Waals surface area (Å²) in [5.74, 6) is 1.26. The first-order chi connectivity index (χ1) is 9.95. The Morgan fingerprint density at radius 3 is 2.71 bits per heavy atom. The summed E-state index contributed by atoms with van der Waals surface area (Å²) in [5, 5.41) is 14.2. The normalized spacial score (nSPS) is 17.4. The summed E-state index contributed by atoms with van der Waals surface area (Å²) in [6, 6.07) is 4.22. The molecule has 1 saturated carbocycles. The predicted octanol–water partition coefficient (Wildman–Crippen LogP) is 3.14. The first-order valence-electron chi connectivity index (χ1n) is 7.40. The molecule has 1 atom stereocenters. The molecule has 0 aliphatic heterocycles. The fourth-order valence-electron chi connectivity index (χ4n) is 1.94. The molecule has 1 aromatic carbocycles. The largest absolute Gasteiger partial charge is 0.493 e. The van der Waals surface area contributed by atoms with Gasteiger partial charge in [0, 0.05) is 29.2 Å². The molecule has 0 radical (unpaired) electrons. The Morgan fingerprint density at radius 1 is 1.43 bits per heavy atom. The van der Waals surface area contributed by atoms with E-state index in [0.29, 0.717) is 35.5 Å². The van der Waals surface area contributed by atoms with Crippen molar-refractivity contribution in [1.82, 2.24) is 5.32 Å². The maximum Gasteiger partial charge on any atom is 0.165 e. The van der Waals surface area contributed by atoms with Crippen molar-refractivity contribution < 1.29 is 14.6 Å². The van der Waals surface area contributed by atoms with Crippen LogP contribution in [-0.2, 0) is 6.54 Å². The van der Waals surface area contributed by atoms with Crippen molar-refractivity contribution in [3.63, 3.8) is 0 Å². The van der Waals surface area contributed by atoms with Gasteiger partial charge in [-0.05, 0) is 32.3 Å². The summed E-state index contributed by atoms with van der Waals surface area (Å²) >= 11 is 6.14. The first kappa shape index (κ1) is 16.4. The molecule has 1 aliphatic rings. The van der Waals surface area contributed by atoms with E-state index in [4.69, 9.17) is 21.1 Å². The third-order valence-corrected chi connectivity index (χ3v) is 3.98. The Labute approximate surface area is 131 Å². The third kappa shape index (κ3) is 4.77. The molecule has 2 N–H and O–H groups in total. The molecule has 1 aliphatic carbocycles. The van der Waals surface area contributed by atoms with Crippen LogP contribution < -0.4 is 14.8 Å². The summed E-state index contributed by atoms with van der Waals surface area (Å²) < 4.78 is 11.2. The second kappa shape index (κ2) is 6.86. The van der Waals surface area contributed by atoms with Gasteiger partial charge in [-0.2, -0.15) is 0 Å². The highest BCUT2D eigenvalue weighted by Crippen LogP contribution is 2.36. The van der Waals surface area contributed by atoms with E-state index < -0.39 is 5.60 Å². The number of halogens is 1. The minimum Gasteiger partial charge on any atom is -0.493 e. The van der Waals surface area contributed by atoms with Crippen LogP contribution in [0.3, 0.4) is 0 Å². The lowest BCUT2D eigenvalue weighted by Crippen LogP contribution is -2.31. The van der Waals surface area contributed by atoms with Crippen LogP contribution in [0.4, 0.5) is 0 Å². The van der Waals surface area contributed by atoms with E-state index in [0.717, 1.165) is 5.56 Å². The Morgan fingerprint density at radius 2 is 2.14 bits per heavy atom. The Bertz CT molecular complexity index is 487. The van der Waals surface area contributed by atoms with Gasteiger partial charge in [-0.25, -0.2) is 0 Å². The van der Waals surface area contributed by atoms with Crippen molar-refractivity contribution in [3.8, 4) is 11.5 Å². The Hall–Kier alpha value is -0.970. The Kier molecular flexibility index (Phi) is 5.36. The average Bonchev–Trinajstić information content (AvgIpc) is 3.27. The van der Waals surface area contributed by atoms with Gasteiger partial charge in [0.2, 0.25) is 0 Å². The maximum atomic E-state index is 10.1. The lowest BCUT2D eigenvalue weighted by Gasteiger charge is -2.24. The molecular weight excluding hydrogens is 290 g/mol. The number of benzene rings is 1. The first-order valence-corrected chi connectivity index (χ1v) is 7.78. The van der Waals surface area contributed by atoms with Crippen molar-refractivity contribution in [2.75, 3.05) is 13.7 Å². The Balaban J connectivity index is 2.17. The molecule has 118 valence electrons. The van der Waals surface area contributed by atoms with Gasteiger partial charge in [-0.1, -0.05) is 18.5 Å². The van der Waals surface area contributed by atoms with Crippen molar-refractivity contribution in [1.29, 1.82) is 0 Å². The second-order valence-electron chi connectivity index (χ2n) is 5.89. The van der Waals surface area contributed by atoms with Crippen LogP contribution in [0.2, 0.25) is 5.02 Å². The molecule has 0 bridgehead atoms. The molecule has 21 heavy (non-hydrogen) atoms. The van der Waals surface area contributed by atoms with E-state index in [1.165, 1.54) is 12.8 Å². The van der Waals surface area contributed by atoms with Crippen LogP contribution in [-0.4, -0.2) is 30.5 Å². The van der Waals surface area contributed by atoms with Gasteiger partial charge in [0.1, 0.15) is 6.61 Å². The minimum absolute atomic E-state index is 0.220. The standard InChI is InChI=1S/C16H24ClNO3/c1-4-16(2,19)10-21-15-11(9-18-13-5-6-13)7-12(17)8-14(15)20-3/h7-8,13,18-19H,4-6,9-10H2,1-3H3. The third-order valence-electron chi connectivity index (χ3n) is 3.76. The molecule has 0 aromatic heterocycles. The van der Waals surface area contributed by atoms with Crippen LogP contribution >= 0.6 is 11.6 Å². The average molecular weight is 314 g/mol. The second-order valence-corrected chi connectivity index (χ2v) is 6.33. The highest BCUT2D eigenvalue weighted by atomic mass is 35.5. The van der Waals surface area contributed by atoms with Crippen molar-refractivity contribution >= 4 is 11.6 Å². The number of hydrogen-bond donors (Lipinski definition) is 2. The highest BCUT2D eigenvalue weighted by molar-refractivity contribution is 6.30. The SMILES string of the molecule is CCC(C)(O)COc1c(CNC2CC2)cc(Cl)cc1OC.